The van der Waals surface area contributed by atoms with Gasteiger partial charge in [0.1, 0.15) is 10.8 Å². The van der Waals surface area contributed by atoms with E-state index in [0.717, 1.165) is 18.8 Å². The molecule has 1 saturated heterocycles. The maximum Gasteiger partial charge on any atom is 0.283 e. The minimum absolute atomic E-state index is 0.0895. The number of hydrogen-bond acceptors (Lipinski definition) is 8. The highest BCUT2D eigenvalue weighted by atomic mass is 35.5. The van der Waals surface area contributed by atoms with Gasteiger partial charge in [0.2, 0.25) is 11.9 Å². The third kappa shape index (κ3) is 6.25. The summed E-state index contributed by atoms with van der Waals surface area (Å²) in [5.41, 5.74) is 1.90. The number of carbonyl (C=O) groups is 2. The Balaban J connectivity index is 1.41. The monoisotopic (exact) mass is 510 g/mol. The van der Waals surface area contributed by atoms with Crippen LogP contribution < -0.4 is 20.9 Å². The lowest BCUT2D eigenvalue weighted by Crippen LogP contribution is -2.48. The lowest BCUT2D eigenvalue weighted by molar-refractivity contribution is -0.129. The Bertz CT molecular complexity index is 1280. The van der Waals surface area contributed by atoms with Crippen LogP contribution in [-0.4, -0.2) is 57.8 Å². The molecular weight excluding hydrogens is 487 g/mol. The van der Waals surface area contributed by atoms with Crippen LogP contribution in [0.3, 0.4) is 0 Å². The molecule has 12 heteroatoms. The smallest absolute Gasteiger partial charge is 0.283 e. The molecule has 10 nitrogen and oxygen atoms in total. The van der Waals surface area contributed by atoms with Gasteiger partial charge >= 0.3 is 0 Å². The Labute approximate surface area is 212 Å². The largest absolute Gasteiger partial charge is 0.367 e. The van der Waals surface area contributed by atoms with Crippen molar-refractivity contribution in [3.8, 4) is 0 Å². The second-order valence-corrected chi connectivity index (χ2v) is 8.38. The van der Waals surface area contributed by atoms with Crippen LogP contribution in [0.25, 0.3) is 0 Å². The van der Waals surface area contributed by atoms with Crippen LogP contribution in [0.1, 0.15) is 6.92 Å². The van der Waals surface area contributed by atoms with Gasteiger partial charge in [0.25, 0.3) is 5.91 Å². The first-order chi connectivity index (χ1) is 17.3. The molecule has 0 radical (unpaired) electrons. The van der Waals surface area contributed by atoms with Gasteiger partial charge in [0, 0.05) is 44.5 Å². The summed E-state index contributed by atoms with van der Waals surface area (Å²) in [5, 5.41) is 8.79. The number of halogens is 2. The number of nitrogens with one attached hydrogen (secondary N) is 3. The summed E-state index contributed by atoms with van der Waals surface area (Å²) in [4.78, 5) is 40.1. The molecule has 0 saturated carbocycles. The molecule has 3 heterocycles. The van der Waals surface area contributed by atoms with Gasteiger partial charge in [-0.05, 0) is 30.3 Å². The number of piperazine rings is 1. The van der Waals surface area contributed by atoms with Crippen molar-refractivity contribution in [2.24, 2.45) is 0 Å². The zero-order valence-corrected chi connectivity index (χ0v) is 20.2. The predicted octanol–water partition coefficient (Wildman–Crippen LogP) is 4.10. The maximum atomic E-state index is 13.0. The molecule has 1 aliphatic rings. The Morgan fingerprint density at radius 3 is 2.44 bits per heavy atom. The average Bonchev–Trinajstić information content (AvgIpc) is 2.87. The van der Waals surface area contributed by atoms with Crippen LogP contribution in [0, 0.1) is 0 Å². The number of hydrogen-bond donors (Lipinski definition) is 3. The molecule has 0 aliphatic carbocycles. The molecule has 2 aromatic heterocycles. The average molecular weight is 511 g/mol. The van der Waals surface area contributed by atoms with Gasteiger partial charge in [-0.1, -0.05) is 24.2 Å². The molecule has 0 bridgehead atoms. The van der Waals surface area contributed by atoms with Gasteiger partial charge in [-0.3, -0.25) is 9.59 Å². The number of benzene rings is 1. The van der Waals surface area contributed by atoms with E-state index in [9.17, 15) is 14.0 Å². The highest BCUT2D eigenvalue weighted by Crippen LogP contribution is 2.26. The van der Waals surface area contributed by atoms with Gasteiger partial charge < -0.3 is 25.8 Å². The molecule has 2 amide bonds. The highest BCUT2D eigenvalue weighted by Gasteiger charge is 2.19. The minimum atomic E-state index is -1.08. The summed E-state index contributed by atoms with van der Waals surface area (Å²) in [6.45, 7) is 7.42. The summed E-state index contributed by atoms with van der Waals surface area (Å²) in [6.07, 6.45) is 3.20. The third-order valence-electron chi connectivity index (χ3n) is 5.45. The fourth-order valence-electron chi connectivity index (χ4n) is 3.57. The standard InChI is InChI=1S/C24H24ClFN8O2/c1-15(26)23(36)30-18-5-3-4-17(12-18)29-22-20(25)14-28-24(32-22)31-21-7-6-19(13-27-21)34-10-8-33(9-11-34)16(2)35/h3-7,12-14H,1,8-11H2,2H3,(H,30,36)(H2,27,28,29,31,32). The molecular formula is C24H24ClFN8O2. The summed E-state index contributed by atoms with van der Waals surface area (Å²) >= 11 is 6.26. The Hall–Kier alpha value is -4.25. The van der Waals surface area contributed by atoms with Gasteiger partial charge in [-0.25, -0.2) is 14.4 Å². The summed E-state index contributed by atoms with van der Waals surface area (Å²) in [6, 6.07) is 10.4. The first-order valence-electron chi connectivity index (χ1n) is 11.1. The fourth-order valence-corrected chi connectivity index (χ4v) is 3.70. The van der Waals surface area contributed by atoms with Crippen LogP contribution in [0.15, 0.2) is 61.2 Å². The van der Waals surface area contributed by atoms with Gasteiger partial charge in [0.15, 0.2) is 11.6 Å². The van der Waals surface area contributed by atoms with Crippen molar-refractivity contribution in [3.63, 3.8) is 0 Å². The molecule has 3 N–H and O–H groups in total. The first kappa shape index (κ1) is 24.9. The van der Waals surface area contributed by atoms with Crippen molar-refractivity contribution < 1.29 is 14.0 Å². The van der Waals surface area contributed by atoms with Crippen LogP contribution in [0.5, 0.6) is 0 Å². The number of anilines is 6. The van der Waals surface area contributed by atoms with Crippen molar-refractivity contribution in [3.05, 3.63) is 66.2 Å². The van der Waals surface area contributed by atoms with Gasteiger partial charge in [-0.2, -0.15) is 4.98 Å². The molecule has 0 atom stereocenters. The summed E-state index contributed by atoms with van der Waals surface area (Å²) < 4.78 is 13.0. The molecule has 3 aromatic rings. The molecule has 1 aromatic carbocycles. The van der Waals surface area contributed by atoms with E-state index in [1.165, 1.54) is 6.20 Å². The van der Waals surface area contributed by atoms with E-state index in [1.54, 1.807) is 37.4 Å². The number of aromatic nitrogens is 3. The lowest BCUT2D eigenvalue weighted by atomic mass is 10.2. The molecule has 0 unspecified atom stereocenters. The topological polar surface area (TPSA) is 115 Å². The zero-order valence-electron chi connectivity index (χ0n) is 19.5. The van der Waals surface area contributed by atoms with Crippen molar-refractivity contribution in [1.82, 2.24) is 19.9 Å². The van der Waals surface area contributed by atoms with Crippen LogP contribution >= 0.6 is 11.6 Å². The number of nitrogens with zero attached hydrogens (tertiary/aromatic N) is 5. The molecule has 0 spiro atoms. The number of carbonyl (C=O) groups excluding carboxylic acids is 2. The van der Waals surface area contributed by atoms with Crippen molar-refractivity contribution in [2.75, 3.05) is 47.0 Å². The second-order valence-electron chi connectivity index (χ2n) is 7.97. The normalized spacial score (nSPS) is 13.2. The predicted molar refractivity (Wildman–Crippen MR) is 138 cm³/mol. The molecule has 4 rings (SSSR count). The minimum Gasteiger partial charge on any atom is -0.367 e. The van der Waals surface area contributed by atoms with E-state index >= 15 is 0 Å². The highest BCUT2D eigenvalue weighted by molar-refractivity contribution is 6.32. The van der Waals surface area contributed by atoms with Crippen LogP contribution in [0.2, 0.25) is 5.02 Å². The Morgan fingerprint density at radius 1 is 1.03 bits per heavy atom. The van der Waals surface area contributed by atoms with Crippen molar-refractivity contribution in [1.29, 1.82) is 0 Å². The quantitative estimate of drug-likeness (QED) is 0.407. The lowest BCUT2D eigenvalue weighted by Gasteiger charge is -2.35. The van der Waals surface area contributed by atoms with Crippen LogP contribution in [-0.2, 0) is 9.59 Å². The van der Waals surface area contributed by atoms with Gasteiger partial charge in [-0.15, -0.1) is 0 Å². The number of rotatable bonds is 7. The SMILES string of the molecule is C=C(F)C(=O)Nc1cccc(Nc2nc(Nc3ccc(N4CCN(C(C)=O)CC4)cn3)ncc2Cl)c1. The third-order valence-corrected chi connectivity index (χ3v) is 5.73. The van der Waals surface area contributed by atoms with E-state index < -0.39 is 11.7 Å². The van der Waals surface area contributed by atoms with Crippen molar-refractivity contribution >= 4 is 58.1 Å². The fraction of sp³-hybridized carbons (Fsp3) is 0.208. The second kappa shape index (κ2) is 11.0. The van der Waals surface area contributed by atoms with E-state index in [2.05, 4.69) is 42.4 Å². The Kier molecular flexibility index (Phi) is 7.59. The van der Waals surface area contributed by atoms with Gasteiger partial charge in [0.05, 0.1) is 18.1 Å². The summed E-state index contributed by atoms with van der Waals surface area (Å²) in [7, 11) is 0. The molecule has 186 valence electrons. The van der Waals surface area contributed by atoms with Crippen molar-refractivity contribution in [2.45, 2.75) is 6.92 Å². The van der Waals surface area contributed by atoms with E-state index in [4.69, 9.17) is 11.6 Å². The van der Waals surface area contributed by atoms with E-state index in [-0.39, 0.29) is 16.9 Å². The zero-order chi connectivity index (χ0) is 25.7. The first-order valence-corrected chi connectivity index (χ1v) is 11.5. The van der Waals surface area contributed by atoms with Crippen LogP contribution in [0.4, 0.5) is 39.0 Å². The molecule has 1 fully saturated rings. The summed E-state index contributed by atoms with van der Waals surface area (Å²) in [5.74, 6) is -0.768. The number of pyridine rings is 1. The molecule has 1 aliphatic heterocycles. The van der Waals surface area contributed by atoms with E-state index in [1.807, 2.05) is 17.0 Å². The molecule has 36 heavy (non-hydrogen) atoms. The van der Waals surface area contributed by atoms with E-state index in [0.29, 0.717) is 36.1 Å². The maximum absolute atomic E-state index is 13.0. The number of amides is 2. The Morgan fingerprint density at radius 2 is 1.78 bits per heavy atom.